The van der Waals surface area contributed by atoms with Gasteiger partial charge >= 0.3 is 0 Å². The van der Waals surface area contributed by atoms with Crippen LogP contribution in [0.15, 0.2) is 30.3 Å². The quantitative estimate of drug-likeness (QED) is 0.626. The van der Waals surface area contributed by atoms with Crippen LogP contribution in [0.5, 0.6) is 11.5 Å². The molecule has 0 heterocycles. The zero-order chi connectivity index (χ0) is 23.0. The van der Waals surface area contributed by atoms with Crippen LogP contribution in [0.4, 0.5) is 8.78 Å². The van der Waals surface area contributed by atoms with Gasteiger partial charge in [-0.1, -0.05) is 6.07 Å². The minimum Gasteiger partial charge on any atom is -0.497 e. The van der Waals surface area contributed by atoms with Gasteiger partial charge in [0.15, 0.2) is 12.7 Å². The van der Waals surface area contributed by atoms with Gasteiger partial charge in [-0.15, -0.1) is 0 Å². The predicted octanol–water partition coefficient (Wildman–Crippen LogP) is 1.97. The SMILES string of the molecule is CNC(=O)COc1cc(C#N)ccc1CNC(=O)[C@@H](OC)c1c(F)cc(OC)cc1F. The maximum absolute atomic E-state index is 14.3. The smallest absolute Gasteiger partial charge is 0.257 e. The molecule has 0 aliphatic heterocycles. The highest BCUT2D eigenvalue weighted by Crippen LogP contribution is 2.28. The molecule has 31 heavy (non-hydrogen) atoms. The van der Waals surface area contributed by atoms with Gasteiger partial charge in [0.25, 0.3) is 11.8 Å². The lowest BCUT2D eigenvalue weighted by atomic mass is 10.1. The number of nitriles is 1. The molecule has 0 spiro atoms. The molecule has 0 aliphatic rings. The van der Waals surface area contributed by atoms with Gasteiger partial charge < -0.3 is 24.8 Å². The third kappa shape index (κ3) is 5.90. The number of methoxy groups -OCH3 is 2. The Morgan fingerprint density at radius 2 is 1.84 bits per heavy atom. The third-order valence-corrected chi connectivity index (χ3v) is 4.31. The standard InChI is InChI=1S/C21H21F2N3O5/c1-25-18(27)11-31-17-6-12(9-24)4-5-13(17)10-26-21(28)20(30-3)19-15(22)7-14(29-2)8-16(19)23/h4-8,20H,10-11H2,1-3H3,(H,25,27)(H,26,28)/t20-/m0/s1. The van der Waals surface area contributed by atoms with E-state index in [1.165, 1.54) is 32.4 Å². The highest BCUT2D eigenvalue weighted by Gasteiger charge is 2.28. The molecule has 164 valence electrons. The molecule has 2 aromatic rings. The molecule has 0 saturated carbocycles. The first kappa shape index (κ1) is 23.6. The second kappa shape index (κ2) is 10.9. The molecule has 2 rings (SSSR count). The number of carbonyl (C=O) groups excluding carboxylic acids is 2. The van der Waals surface area contributed by atoms with E-state index in [9.17, 15) is 18.4 Å². The van der Waals surface area contributed by atoms with Crippen molar-refractivity contribution >= 4 is 11.8 Å². The summed E-state index contributed by atoms with van der Waals surface area (Å²) in [5.41, 5.74) is 0.178. The van der Waals surface area contributed by atoms with Crippen LogP contribution in [0.1, 0.15) is 22.8 Å². The topological polar surface area (TPSA) is 110 Å². The van der Waals surface area contributed by atoms with E-state index in [4.69, 9.17) is 19.5 Å². The van der Waals surface area contributed by atoms with Crippen LogP contribution in [0, 0.1) is 23.0 Å². The predicted molar refractivity (Wildman–Crippen MR) is 105 cm³/mol. The van der Waals surface area contributed by atoms with Gasteiger partial charge in [0.05, 0.1) is 24.3 Å². The Kier molecular flexibility index (Phi) is 8.28. The molecular weight excluding hydrogens is 412 g/mol. The van der Waals surface area contributed by atoms with Gasteiger partial charge in [-0.3, -0.25) is 9.59 Å². The summed E-state index contributed by atoms with van der Waals surface area (Å²) in [6, 6.07) is 8.30. The molecular formula is C21H21F2N3O5. The Morgan fingerprint density at radius 3 is 2.39 bits per heavy atom. The van der Waals surface area contributed by atoms with E-state index in [0.717, 1.165) is 19.2 Å². The summed E-state index contributed by atoms with van der Waals surface area (Å²) in [6.45, 7) is -0.401. The number of hydrogen-bond donors (Lipinski definition) is 2. The number of likely N-dealkylation sites (N-methyl/N-ethyl adjacent to an activating group) is 1. The van der Waals surface area contributed by atoms with E-state index in [-0.39, 0.29) is 30.6 Å². The zero-order valence-electron chi connectivity index (χ0n) is 17.1. The molecule has 10 heteroatoms. The van der Waals surface area contributed by atoms with Gasteiger partial charge in [-0.25, -0.2) is 8.78 Å². The molecule has 0 bridgehead atoms. The monoisotopic (exact) mass is 433 g/mol. The van der Waals surface area contributed by atoms with Crippen molar-refractivity contribution in [2.45, 2.75) is 12.6 Å². The molecule has 2 amide bonds. The van der Waals surface area contributed by atoms with E-state index in [0.29, 0.717) is 11.1 Å². The number of nitrogens with one attached hydrogen (secondary N) is 2. The summed E-state index contributed by atoms with van der Waals surface area (Å²) in [6.07, 6.45) is -1.56. The first-order valence-corrected chi connectivity index (χ1v) is 9.04. The number of nitrogens with zero attached hydrogens (tertiary/aromatic N) is 1. The summed E-state index contributed by atoms with van der Waals surface area (Å²) < 4.78 is 43.9. The van der Waals surface area contributed by atoms with Gasteiger partial charge in [-0.05, 0) is 12.1 Å². The number of benzene rings is 2. The van der Waals surface area contributed by atoms with Crippen molar-refractivity contribution in [3.63, 3.8) is 0 Å². The van der Waals surface area contributed by atoms with Crippen LogP contribution < -0.4 is 20.1 Å². The van der Waals surface area contributed by atoms with Crippen molar-refractivity contribution in [3.8, 4) is 17.6 Å². The third-order valence-electron chi connectivity index (χ3n) is 4.31. The van der Waals surface area contributed by atoms with Gasteiger partial charge in [0.1, 0.15) is 23.1 Å². The minimum absolute atomic E-state index is 0.0375. The van der Waals surface area contributed by atoms with Gasteiger partial charge in [0.2, 0.25) is 0 Å². The summed E-state index contributed by atoms with van der Waals surface area (Å²) in [5.74, 6) is -3.00. The number of amides is 2. The van der Waals surface area contributed by atoms with Crippen LogP contribution in [0.25, 0.3) is 0 Å². The number of ether oxygens (including phenoxy) is 3. The Bertz CT molecular complexity index is 984. The number of halogens is 2. The minimum atomic E-state index is -1.56. The van der Waals surface area contributed by atoms with Crippen LogP contribution in [0.2, 0.25) is 0 Å². The summed E-state index contributed by atoms with van der Waals surface area (Å²) in [4.78, 5) is 24.0. The van der Waals surface area contributed by atoms with Crippen LogP contribution in [-0.4, -0.2) is 39.7 Å². The fourth-order valence-electron chi connectivity index (χ4n) is 2.68. The fourth-order valence-corrected chi connectivity index (χ4v) is 2.68. The van der Waals surface area contributed by atoms with Crippen molar-refractivity contribution in [3.05, 3.63) is 58.7 Å². The van der Waals surface area contributed by atoms with E-state index in [2.05, 4.69) is 10.6 Å². The molecule has 2 N–H and O–H groups in total. The van der Waals surface area contributed by atoms with E-state index < -0.39 is 29.2 Å². The largest absolute Gasteiger partial charge is 0.497 e. The average Bonchev–Trinajstić information content (AvgIpc) is 2.77. The molecule has 0 unspecified atom stereocenters. The van der Waals surface area contributed by atoms with Crippen LogP contribution >= 0.6 is 0 Å². The lowest BCUT2D eigenvalue weighted by Crippen LogP contribution is -2.31. The molecule has 0 saturated heterocycles. The Morgan fingerprint density at radius 1 is 1.16 bits per heavy atom. The number of rotatable bonds is 9. The van der Waals surface area contributed by atoms with E-state index in [1.807, 2.05) is 6.07 Å². The van der Waals surface area contributed by atoms with Crippen molar-refractivity contribution in [2.24, 2.45) is 0 Å². The normalized spacial score (nSPS) is 11.2. The van der Waals surface area contributed by atoms with E-state index >= 15 is 0 Å². The highest BCUT2D eigenvalue weighted by atomic mass is 19.1. The molecule has 2 aromatic carbocycles. The fraction of sp³-hybridized carbons (Fsp3) is 0.286. The van der Waals surface area contributed by atoms with Crippen molar-refractivity contribution in [2.75, 3.05) is 27.9 Å². The first-order chi connectivity index (χ1) is 14.8. The van der Waals surface area contributed by atoms with Gasteiger partial charge in [0, 0.05) is 38.4 Å². The lowest BCUT2D eigenvalue weighted by Gasteiger charge is -2.18. The number of carbonyl (C=O) groups is 2. The first-order valence-electron chi connectivity index (χ1n) is 9.04. The lowest BCUT2D eigenvalue weighted by molar-refractivity contribution is -0.132. The van der Waals surface area contributed by atoms with Crippen molar-refractivity contribution < 1.29 is 32.6 Å². The molecule has 0 aliphatic carbocycles. The highest BCUT2D eigenvalue weighted by molar-refractivity contribution is 5.82. The van der Waals surface area contributed by atoms with Crippen molar-refractivity contribution in [1.82, 2.24) is 10.6 Å². The second-order valence-corrected chi connectivity index (χ2v) is 6.23. The summed E-state index contributed by atoms with van der Waals surface area (Å²) in [7, 11) is 3.85. The Balaban J connectivity index is 2.21. The molecule has 0 fully saturated rings. The van der Waals surface area contributed by atoms with Crippen molar-refractivity contribution in [1.29, 1.82) is 5.26 Å². The molecule has 0 radical (unpaired) electrons. The van der Waals surface area contributed by atoms with Crippen LogP contribution in [-0.2, 0) is 20.9 Å². The average molecular weight is 433 g/mol. The molecule has 1 atom stereocenters. The second-order valence-electron chi connectivity index (χ2n) is 6.23. The zero-order valence-corrected chi connectivity index (χ0v) is 17.1. The summed E-state index contributed by atoms with van der Waals surface area (Å²) >= 11 is 0. The van der Waals surface area contributed by atoms with Crippen LogP contribution in [0.3, 0.4) is 0 Å². The molecule has 8 nitrogen and oxygen atoms in total. The Labute approximate surface area is 177 Å². The Hall–Kier alpha value is -3.71. The number of hydrogen-bond acceptors (Lipinski definition) is 6. The summed E-state index contributed by atoms with van der Waals surface area (Å²) in [5, 5.41) is 14.0. The maximum Gasteiger partial charge on any atom is 0.257 e. The molecule has 0 aromatic heterocycles. The van der Waals surface area contributed by atoms with Gasteiger partial charge in [-0.2, -0.15) is 5.26 Å². The maximum atomic E-state index is 14.3. The van der Waals surface area contributed by atoms with E-state index in [1.54, 1.807) is 0 Å².